The van der Waals surface area contributed by atoms with Crippen LogP contribution in [0.5, 0.6) is 0 Å². The number of carbonyl (C=O) groups is 1. The summed E-state index contributed by atoms with van der Waals surface area (Å²) in [6, 6.07) is 12.6. The fourth-order valence-corrected chi connectivity index (χ4v) is 4.65. The highest BCUT2D eigenvalue weighted by atomic mass is 16.2. The van der Waals surface area contributed by atoms with Crippen molar-refractivity contribution in [3.05, 3.63) is 78.1 Å². The zero-order valence-electron chi connectivity index (χ0n) is 19.8. The summed E-state index contributed by atoms with van der Waals surface area (Å²) in [7, 11) is 0. The number of nitrogens with one attached hydrogen (secondary N) is 1. The molecule has 33 heavy (non-hydrogen) atoms. The van der Waals surface area contributed by atoms with E-state index >= 15 is 0 Å². The molecule has 1 N–H and O–H groups in total. The van der Waals surface area contributed by atoms with E-state index in [4.69, 9.17) is 0 Å². The Hall–Kier alpha value is -3.12. The Morgan fingerprint density at radius 1 is 1.09 bits per heavy atom. The third-order valence-electron chi connectivity index (χ3n) is 6.38. The number of hydrogen-bond acceptors (Lipinski definition) is 5. The highest BCUT2D eigenvalue weighted by molar-refractivity contribution is 5.83. The summed E-state index contributed by atoms with van der Waals surface area (Å²) in [5.74, 6) is 1.33. The predicted molar refractivity (Wildman–Crippen MR) is 131 cm³/mol. The maximum Gasteiger partial charge on any atom is 0.227 e. The average Bonchev–Trinajstić information content (AvgIpc) is 3.24. The largest absolute Gasteiger partial charge is 0.356 e. The molecule has 0 bridgehead atoms. The number of pyridine rings is 1. The second-order valence-electron chi connectivity index (χ2n) is 9.32. The molecule has 3 aromatic rings. The molecule has 172 valence electrons. The normalized spacial score (nSPS) is 18.5. The smallest absolute Gasteiger partial charge is 0.227 e. The second kappa shape index (κ2) is 10.2. The van der Waals surface area contributed by atoms with Crippen molar-refractivity contribution in [2.75, 3.05) is 19.6 Å². The van der Waals surface area contributed by atoms with Crippen LogP contribution in [0.2, 0.25) is 0 Å². The van der Waals surface area contributed by atoms with Crippen molar-refractivity contribution < 1.29 is 4.79 Å². The number of likely N-dealkylation sites (tertiary alicyclic amines) is 1. The molecule has 1 aliphatic heterocycles. The monoisotopic (exact) mass is 443 g/mol. The minimum atomic E-state index is -0.439. The highest BCUT2D eigenvalue weighted by Crippen LogP contribution is 2.36. The lowest BCUT2D eigenvalue weighted by molar-refractivity contribution is -0.130. The summed E-state index contributed by atoms with van der Waals surface area (Å²) in [5, 5.41) is 3.10. The van der Waals surface area contributed by atoms with Crippen LogP contribution in [-0.4, -0.2) is 45.4 Å². The highest BCUT2D eigenvalue weighted by Gasteiger charge is 2.44. The minimum absolute atomic E-state index is 0.146. The Morgan fingerprint density at radius 3 is 2.55 bits per heavy atom. The number of benzene rings is 1. The van der Waals surface area contributed by atoms with Crippen LogP contribution < -0.4 is 5.32 Å². The van der Waals surface area contributed by atoms with Crippen LogP contribution in [-0.2, 0) is 17.8 Å². The van der Waals surface area contributed by atoms with Gasteiger partial charge in [0.05, 0.1) is 5.41 Å². The Balaban J connectivity index is 1.52. The molecule has 6 nitrogen and oxygen atoms in total. The molecule has 3 heterocycles. The van der Waals surface area contributed by atoms with E-state index in [1.54, 1.807) is 0 Å². The van der Waals surface area contributed by atoms with E-state index in [1.165, 1.54) is 5.56 Å². The fourth-order valence-electron chi connectivity index (χ4n) is 4.65. The summed E-state index contributed by atoms with van der Waals surface area (Å²) < 4.78 is 0. The van der Waals surface area contributed by atoms with Crippen LogP contribution in [0.3, 0.4) is 0 Å². The van der Waals surface area contributed by atoms with Gasteiger partial charge in [-0.25, -0.2) is 9.97 Å². The summed E-state index contributed by atoms with van der Waals surface area (Å²) >= 11 is 0. The minimum Gasteiger partial charge on any atom is -0.356 e. The Labute approximate surface area is 196 Å². The van der Waals surface area contributed by atoms with Gasteiger partial charge in [0.1, 0.15) is 5.82 Å². The van der Waals surface area contributed by atoms with Gasteiger partial charge in [0, 0.05) is 55.9 Å². The molecule has 1 saturated heterocycles. The lowest BCUT2D eigenvalue weighted by Gasteiger charge is -2.28. The summed E-state index contributed by atoms with van der Waals surface area (Å²) in [5.41, 5.74) is 4.12. The molecule has 0 radical (unpaired) electrons. The van der Waals surface area contributed by atoms with Gasteiger partial charge >= 0.3 is 0 Å². The first-order chi connectivity index (χ1) is 16.0. The molecule has 0 saturated carbocycles. The molecule has 1 fully saturated rings. The topological polar surface area (TPSA) is 71.0 Å². The number of amides is 1. The third kappa shape index (κ3) is 5.45. The van der Waals surface area contributed by atoms with E-state index in [9.17, 15) is 4.79 Å². The Kier molecular flexibility index (Phi) is 7.14. The molecule has 4 rings (SSSR count). The summed E-state index contributed by atoms with van der Waals surface area (Å²) in [4.78, 5) is 28.8. The third-order valence-corrected chi connectivity index (χ3v) is 6.38. The molecule has 1 aromatic carbocycles. The molecular weight excluding hydrogens is 410 g/mol. The summed E-state index contributed by atoms with van der Waals surface area (Å²) in [6.45, 7) is 9.19. The maximum absolute atomic E-state index is 13.3. The van der Waals surface area contributed by atoms with Crippen molar-refractivity contribution in [3.8, 4) is 11.1 Å². The van der Waals surface area contributed by atoms with Crippen LogP contribution in [0.25, 0.3) is 11.1 Å². The predicted octanol–water partition coefficient (Wildman–Crippen LogP) is 4.23. The first-order valence-electron chi connectivity index (χ1n) is 11.8. The number of hydrogen-bond donors (Lipinski definition) is 1. The lowest BCUT2D eigenvalue weighted by atomic mass is 9.79. The van der Waals surface area contributed by atoms with Crippen LogP contribution >= 0.6 is 0 Å². The Morgan fingerprint density at radius 2 is 1.85 bits per heavy atom. The van der Waals surface area contributed by atoms with Gasteiger partial charge in [-0.1, -0.05) is 38.1 Å². The van der Waals surface area contributed by atoms with Gasteiger partial charge in [0.2, 0.25) is 5.91 Å². The van der Waals surface area contributed by atoms with E-state index in [0.717, 1.165) is 55.0 Å². The average molecular weight is 444 g/mol. The first-order valence-corrected chi connectivity index (χ1v) is 11.8. The van der Waals surface area contributed by atoms with Gasteiger partial charge in [0.15, 0.2) is 0 Å². The van der Waals surface area contributed by atoms with Crippen molar-refractivity contribution in [1.29, 1.82) is 0 Å². The Bertz CT molecular complexity index is 1070. The maximum atomic E-state index is 13.3. The van der Waals surface area contributed by atoms with Crippen molar-refractivity contribution in [1.82, 2.24) is 25.2 Å². The van der Waals surface area contributed by atoms with E-state index in [-0.39, 0.29) is 5.91 Å². The molecule has 1 atom stereocenters. The summed E-state index contributed by atoms with van der Waals surface area (Å²) in [6.07, 6.45) is 9.02. The quantitative estimate of drug-likeness (QED) is 0.564. The standard InChI is InChI=1S/C27H33N5O/c1-4-29-26(33)27(15-21-6-5-7-24(14-21)23-8-11-28-12-9-23)10-13-32(19-27)18-22-16-30-25(20(2)3)31-17-22/h5-9,11-12,14,16-17,20H,4,10,13,15,18-19H2,1-3H3,(H,29,33)/t27-/m0/s1. The molecule has 0 spiro atoms. The molecule has 0 aliphatic carbocycles. The zero-order chi connectivity index (χ0) is 23.3. The molecule has 0 unspecified atom stereocenters. The second-order valence-corrected chi connectivity index (χ2v) is 9.32. The van der Waals surface area contributed by atoms with Gasteiger partial charge in [-0.15, -0.1) is 0 Å². The van der Waals surface area contributed by atoms with E-state index in [0.29, 0.717) is 12.5 Å². The molecular formula is C27H33N5O. The molecule has 6 heteroatoms. The SMILES string of the molecule is CCNC(=O)[C@]1(Cc2cccc(-c3ccncc3)c2)CCN(Cc2cnc(C(C)C)nc2)C1. The van der Waals surface area contributed by atoms with Gasteiger partial charge < -0.3 is 5.32 Å². The molecule has 1 amide bonds. The van der Waals surface area contributed by atoms with Crippen molar-refractivity contribution in [2.45, 2.75) is 46.1 Å². The lowest BCUT2D eigenvalue weighted by Crippen LogP contribution is -2.44. The van der Waals surface area contributed by atoms with Gasteiger partial charge in [-0.05, 0) is 55.1 Å². The zero-order valence-corrected chi connectivity index (χ0v) is 19.8. The number of nitrogens with zero attached hydrogens (tertiary/aromatic N) is 4. The van der Waals surface area contributed by atoms with Crippen molar-refractivity contribution in [2.24, 2.45) is 5.41 Å². The van der Waals surface area contributed by atoms with Gasteiger partial charge in [-0.2, -0.15) is 0 Å². The van der Waals surface area contributed by atoms with Crippen LogP contribution in [0.1, 0.15) is 50.1 Å². The van der Waals surface area contributed by atoms with E-state index in [1.807, 2.05) is 43.8 Å². The van der Waals surface area contributed by atoms with Gasteiger partial charge in [0.25, 0.3) is 0 Å². The van der Waals surface area contributed by atoms with Gasteiger partial charge in [-0.3, -0.25) is 14.7 Å². The number of rotatable bonds is 8. The fraction of sp³-hybridized carbons (Fsp3) is 0.407. The molecule has 1 aliphatic rings. The van der Waals surface area contributed by atoms with Crippen molar-refractivity contribution in [3.63, 3.8) is 0 Å². The van der Waals surface area contributed by atoms with E-state index in [2.05, 4.69) is 63.3 Å². The number of carbonyl (C=O) groups excluding carboxylic acids is 1. The van der Waals surface area contributed by atoms with Crippen LogP contribution in [0.15, 0.2) is 61.2 Å². The first kappa shape index (κ1) is 23.1. The number of aromatic nitrogens is 3. The van der Waals surface area contributed by atoms with E-state index < -0.39 is 5.41 Å². The van der Waals surface area contributed by atoms with Crippen molar-refractivity contribution >= 4 is 5.91 Å². The van der Waals surface area contributed by atoms with Crippen LogP contribution in [0, 0.1) is 5.41 Å². The van der Waals surface area contributed by atoms with Crippen LogP contribution in [0.4, 0.5) is 0 Å². The molecule has 2 aromatic heterocycles.